The topological polar surface area (TPSA) is 112 Å². The van der Waals surface area contributed by atoms with Gasteiger partial charge in [-0.2, -0.15) is 5.10 Å². The highest BCUT2D eigenvalue weighted by Crippen LogP contribution is 2.31. The number of nitro benzene ring substituents is 1. The van der Waals surface area contributed by atoms with Crippen LogP contribution in [0.25, 0.3) is 22.3 Å². The Balaban J connectivity index is 1.69. The fourth-order valence-corrected chi connectivity index (χ4v) is 2.88. The lowest BCUT2D eigenvalue weighted by molar-refractivity contribution is -0.384. The van der Waals surface area contributed by atoms with Crippen molar-refractivity contribution in [3.63, 3.8) is 0 Å². The Bertz CT molecular complexity index is 1150. The number of aryl methyl sites for hydroxylation is 2. The molecule has 0 saturated heterocycles. The number of anilines is 2. The summed E-state index contributed by atoms with van der Waals surface area (Å²) in [5, 5.41) is 19.4. The number of rotatable bonds is 4. The van der Waals surface area contributed by atoms with Crippen LogP contribution in [-0.2, 0) is 7.05 Å². The van der Waals surface area contributed by atoms with E-state index in [1.54, 1.807) is 54.7 Å². The largest absolute Gasteiger partial charge is 0.347 e. The van der Waals surface area contributed by atoms with Gasteiger partial charge < -0.3 is 5.32 Å². The van der Waals surface area contributed by atoms with Gasteiger partial charge in [-0.25, -0.2) is 9.97 Å². The molecule has 0 radical (unpaired) electrons. The molecule has 1 aromatic carbocycles. The molecule has 0 spiro atoms. The van der Waals surface area contributed by atoms with Crippen molar-refractivity contribution in [1.29, 1.82) is 0 Å². The van der Waals surface area contributed by atoms with Crippen LogP contribution in [0.4, 0.5) is 17.1 Å². The van der Waals surface area contributed by atoms with Crippen LogP contribution in [-0.4, -0.2) is 29.7 Å². The molecule has 0 fully saturated rings. The van der Waals surface area contributed by atoms with Gasteiger partial charge in [0.15, 0.2) is 5.82 Å². The van der Waals surface area contributed by atoms with E-state index in [1.165, 1.54) is 6.07 Å². The number of para-hydroxylation sites is 1. The average Bonchev–Trinajstić information content (AvgIpc) is 3.05. The van der Waals surface area contributed by atoms with Crippen molar-refractivity contribution < 1.29 is 4.92 Å². The first-order valence-corrected chi connectivity index (χ1v) is 8.14. The van der Waals surface area contributed by atoms with Crippen molar-refractivity contribution in [2.75, 3.05) is 5.32 Å². The highest BCUT2D eigenvalue weighted by molar-refractivity contribution is 5.91. The van der Waals surface area contributed by atoms with Gasteiger partial charge in [-0.1, -0.05) is 12.1 Å². The molecule has 3 aromatic heterocycles. The van der Waals surface area contributed by atoms with E-state index < -0.39 is 4.92 Å². The predicted molar refractivity (Wildman–Crippen MR) is 101 cm³/mol. The van der Waals surface area contributed by atoms with Crippen LogP contribution in [0.3, 0.4) is 0 Å². The van der Waals surface area contributed by atoms with Gasteiger partial charge in [-0.05, 0) is 12.5 Å². The maximum atomic E-state index is 11.2. The number of fused-ring (bicyclic) bond motifs is 1. The molecule has 27 heavy (non-hydrogen) atoms. The minimum Gasteiger partial charge on any atom is -0.347 e. The summed E-state index contributed by atoms with van der Waals surface area (Å²) in [5.74, 6) is 0.505. The number of nitrogens with one attached hydrogen (secondary N) is 1. The second-order valence-electron chi connectivity index (χ2n) is 6.03. The maximum Gasteiger partial charge on any atom is 0.292 e. The van der Waals surface area contributed by atoms with Crippen molar-refractivity contribution in [3.05, 3.63) is 64.9 Å². The molecule has 4 aromatic rings. The molecule has 1 N–H and O–H groups in total. The first kappa shape index (κ1) is 16.6. The molecule has 0 aliphatic carbocycles. The molecule has 9 heteroatoms. The predicted octanol–water partition coefficient (Wildman–Crippen LogP) is 3.39. The molecule has 0 amide bonds. The molecule has 0 saturated carbocycles. The number of hydrogen-bond acceptors (Lipinski definition) is 7. The van der Waals surface area contributed by atoms with Gasteiger partial charge in [0.2, 0.25) is 0 Å². The van der Waals surface area contributed by atoms with E-state index in [-0.39, 0.29) is 5.69 Å². The third kappa shape index (κ3) is 2.95. The van der Waals surface area contributed by atoms with E-state index in [0.29, 0.717) is 17.2 Å². The lowest BCUT2D eigenvalue weighted by atomic mass is 10.1. The third-order valence-electron chi connectivity index (χ3n) is 4.28. The minimum absolute atomic E-state index is 0.00315. The minimum atomic E-state index is -0.417. The normalized spacial score (nSPS) is 10.9. The second kappa shape index (κ2) is 6.45. The van der Waals surface area contributed by atoms with E-state index in [1.807, 2.05) is 7.05 Å². The van der Waals surface area contributed by atoms with E-state index in [2.05, 4.69) is 25.4 Å². The Morgan fingerprint density at radius 1 is 1.11 bits per heavy atom. The molecule has 0 unspecified atom stereocenters. The summed E-state index contributed by atoms with van der Waals surface area (Å²) in [6.07, 6.45) is 8.36. The van der Waals surface area contributed by atoms with Crippen LogP contribution in [0.2, 0.25) is 0 Å². The molecule has 134 valence electrons. The number of pyridine rings is 1. The van der Waals surface area contributed by atoms with E-state index in [0.717, 1.165) is 22.0 Å². The van der Waals surface area contributed by atoms with Crippen LogP contribution in [0.5, 0.6) is 0 Å². The number of benzene rings is 1. The Labute approximate surface area is 153 Å². The first-order chi connectivity index (χ1) is 13.0. The van der Waals surface area contributed by atoms with E-state index in [9.17, 15) is 10.1 Å². The zero-order valence-electron chi connectivity index (χ0n) is 14.6. The molecule has 9 nitrogen and oxygen atoms in total. The fourth-order valence-electron chi connectivity index (χ4n) is 2.88. The summed E-state index contributed by atoms with van der Waals surface area (Å²) in [7, 11) is 1.84. The summed E-state index contributed by atoms with van der Waals surface area (Å²) in [4.78, 5) is 23.8. The lowest BCUT2D eigenvalue weighted by Gasteiger charge is -2.10. The van der Waals surface area contributed by atoms with Crippen molar-refractivity contribution in [1.82, 2.24) is 24.7 Å². The van der Waals surface area contributed by atoms with Gasteiger partial charge in [-0.15, -0.1) is 0 Å². The number of aromatic nitrogens is 5. The van der Waals surface area contributed by atoms with Crippen molar-refractivity contribution in [3.8, 4) is 11.4 Å². The number of hydrogen-bond donors (Lipinski definition) is 1. The molecule has 4 rings (SSSR count). The standard InChI is InChI=1S/C18H15N7O2/c1-11-4-3-5-15(25(26)27)17(11)23-12-6-20-18(21-7-12)14-8-19-10-16-13(14)9-22-24(16)2/h3-10,23H,1-2H3. The fraction of sp³-hybridized carbons (Fsp3) is 0.111. The van der Waals surface area contributed by atoms with Crippen LogP contribution < -0.4 is 5.32 Å². The SMILES string of the molecule is Cc1cccc([N+](=O)[O-])c1Nc1cnc(-c2cncc3c2cnn3C)nc1. The second-order valence-corrected chi connectivity index (χ2v) is 6.03. The molecular formula is C18H15N7O2. The highest BCUT2D eigenvalue weighted by atomic mass is 16.6. The van der Waals surface area contributed by atoms with Gasteiger partial charge in [0.05, 0.1) is 40.9 Å². The number of nitro groups is 1. The van der Waals surface area contributed by atoms with Gasteiger partial charge in [0, 0.05) is 30.3 Å². The van der Waals surface area contributed by atoms with Crippen molar-refractivity contribution >= 4 is 28.0 Å². The summed E-state index contributed by atoms with van der Waals surface area (Å²) in [5.41, 5.74) is 3.40. The van der Waals surface area contributed by atoms with Gasteiger partial charge >= 0.3 is 0 Å². The zero-order chi connectivity index (χ0) is 19.0. The molecule has 3 heterocycles. The molecular weight excluding hydrogens is 346 g/mol. The van der Waals surface area contributed by atoms with Gasteiger partial charge in [-0.3, -0.25) is 19.8 Å². The van der Waals surface area contributed by atoms with E-state index in [4.69, 9.17) is 0 Å². The summed E-state index contributed by atoms with van der Waals surface area (Å²) in [6.45, 7) is 1.80. The smallest absolute Gasteiger partial charge is 0.292 e. The van der Waals surface area contributed by atoms with Gasteiger partial charge in [0.1, 0.15) is 5.69 Å². The quantitative estimate of drug-likeness (QED) is 0.438. The van der Waals surface area contributed by atoms with Gasteiger partial charge in [0.25, 0.3) is 5.69 Å². The average molecular weight is 361 g/mol. The Hall–Kier alpha value is -3.88. The lowest BCUT2D eigenvalue weighted by Crippen LogP contribution is -2.00. The third-order valence-corrected chi connectivity index (χ3v) is 4.28. The van der Waals surface area contributed by atoms with E-state index >= 15 is 0 Å². The monoisotopic (exact) mass is 361 g/mol. The van der Waals surface area contributed by atoms with Crippen molar-refractivity contribution in [2.45, 2.75) is 6.92 Å². The molecule has 0 bridgehead atoms. The summed E-state index contributed by atoms with van der Waals surface area (Å²) >= 11 is 0. The Morgan fingerprint density at radius 3 is 2.63 bits per heavy atom. The Kier molecular flexibility index (Phi) is 3.96. The highest BCUT2D eigenvalue weighted by Gasteiger charge is 2.16. The molecule has 0 aliphatic heterocycles. The van der Waals surface area contributed by atoms with Crippen LogP contribution >= 0.6 is 0 Å². The molecule has 0 atom stereocenters. The molecule has 0 aliphatic rings. The first-order valence-electron chi connectivity index (χ1n) is 8.14. The maximum absolute atomic E-state index is 11.2. The van der Waals surface area contributed by atoms with Crippen molar-refractivity contribution in [2.24, 2.45) is 7.05 Å². The van der Waals surface area contributed by atoms with Crippen LogP contribution in [0, 0.1) is 17.0 Å². The summed E-state index contributed by atoms with van der Waals surface area (Å²) in [6, 6.07) is 4.92. The Morgan fingerprint density at radius 2 is 1.89 bits per heavy atom. The van der Waals surface area contributed by atoms with Crippen LogP contribution in [0.15, 0.2) is 49.2 Å². The zero-order valence-corrected chi connectivity index (χ0v) is 14.6. The summed E-state index contributed by atoms with van der Waals surface area (Å²) < 4.78 is 1.74. The number of nitrogens with zero attached hydrogens (tertiary/aromatic N) is 6. The van der Waals surface area contributed by atoms with Crippen LogP contribution in [0.1, 0.15) is 5.56 Å².